The lowest BCUT2D eigenvalue weighted by molar-refractivity contribution is 0.114. The number of amides is 2. The number of rotatable bonds is 6. The monoisotopic (exact) mass is 396 g/mol. The van der Waals surface area contributed by atoms with Crippen molar-refractivity contribution < 1.29 is 9.53 Å². The molecule has 2 saturated heterocycles. The third-order valence-electron chi connectivity index (χ3n) is 5.42. The molecule has 154 valence electrons. The van der Waals surface area contributed by atoms with Crippen molar-refractivity contribution in [2.24, 2.45) is 0 Å². The zero-order valence-corrected chi connectivity index (χ0v) is 16.6. The van der Waals surface area contributed by atoms with Crippen LogP contribution >= 0.6 is 0 Å². The van der Waals surface area contributed by atoms with Gasteiger partial charge in [0.05, 0.1) is 0 Å². The average molecular weight is 396 g/mol. The fourth-order valence-corrected chi connectivity index (χ4v) is 3.47. The molecule has 0 spiro atoms. The van der Waals surface area contributed by atoms with Gasteiger partial charge in [-0.3, -0.25) is 10.2 Å². The van der Waals surface area contributed by atoms with E-state index in [1.165, 1.54) is 19.5 Å². The van der Waals surface area contributed by atoms with E-state index in [9.17, 15) is 4.79 Å². The van der Waals surface area contributed by atoms with Gasteiger partial charge in [-0.15, -0.1) is 0 Å². The van der Waals surface area contributed by atoms with E-state index in [1.807, 2.05) is 4.90 Å². The number of piperazine rings is 1. The molecule has 29 heavy (non-hydrogen) atoms. The largest absolute Gasteiger partial charge is 0.457 e. The number of likely N-dealkylation sites (tertiary alicyclic amines) is 1. The predicted octanol–water partition coefficient (Wildman–Crippen LogP) is 2.31. The standard InChI is InChI=1S/C21H28N6O2/c22-17-2-4-18(5-3-17)29-19-6-7-23-20(16-19)24-21(28)27-14-12-26(13-15-27)11-10-25-8-1-9-25/h2-7,16H,1,8-15,22H2,(H,23,24,28). The molecule has 0 radical (unpaired) electrons. The first-order chi connectivity index (χ1) is 14.2. The van der Waals surface area contributed by atoms with Crippen LogP contribution in [0.15, 0.2) is 42.6 Å². The van der Waals surface area contributed by atoms with Crippen LogP contribution in [0.25, 0.3) is 0 Å². The summed E-state index contributed by atoms with van der Waals surface area (Å²) >= 11 is 0. The van der Waals surface area contributed by atoms with Gasteiger partial charge in [-0.05, 0) is 49.8 Å². The quantitative estimate of drug-likeness (QED) is 0.729. The van der Waals surface area contributed by atoms with Crippen molar-refractivity contribution in [1.29, 1.82) is 0 Å². The van der Waals surface area contributed by atoms with E-state index in [4.69, 9.17) is 10.5 Å². The fraction of sp³-hybridized carbons (Fsp3) is 0.429. The molecule has 1 aromatic carbocycles. The highest BCUT2D eigenvalue weighted by Crippen LogP contribution is 2.23. The third-order valence-corrected chi connectivity index (χ3v) is 5.42. The minimum absolute atomic E-state index is 0.121. The van der Waals surface area contributed by atoms with Crippen LogP contribution in [-0.4, -0.2) is 78.1 Å². The number of carbonyl (C=O) groups is 1. The van der Waals surface area contributed by atoms with Gasteiger partial charge in [0, 0.05) is 57.2 Å². The normalized spacial score (nSPS) is 17.6. The van der Waals surface area contributed by atoms with Gasteiger partial charge in [-0.25, -0.2) is 9.78 Å². The number of pyridine rings is 1. The summed E-state index contributed by atoms with van der Waals surface area (Å²) in [6, 6.07) is 10.5. The van der Waals surface area contributed by atoms with E-state index in [0.29, 0.717) is 23.0 Å². The van der Waals surface area contributed by atoms with Crippen molar-refractivity contribution in [2.75, 3.05) is 63.4 Å². The second kappa shape index (κ2) is 9.11. The first kappa shape index (κ1) is 19.5. The molecule has 2 aliphatic rings. The maximum Gasteiger partial charge on any atom is 0.323 e. The number of urea groups is 1. The van der Waals surface area contributed by atoms with E-state index >= 15 is 0 Å². The number of hydrogen-bond donors (Lipinski definition) is 2. The summed E-state index contributed by atoms with van der Waals surface area (Å²) in [5, 5.41) is 2.88. The lowest BCUT2D eigenvalue weighted by Gasteiger charge is -2.37. The number of hydrogen-bond acceptors (Lipinski definition) is 6. The number of nitrogen functional groups attached to an aromatic ring is 1. The minimum atomic E-state index is -0.121. The number of carbonyl (C=O) groups excluding carboxylic acids is 1. The molecule has 8 nitrogen and oxygen atoms in total. The van der Waals surface area contributed by atoms with Crippen molar-refractivity contribution >= 4 is 17.5 Å². The molecule has 0 atom stereocenters. The predicted molar refractivity (Wildman–Crippen MR) is 113 cm³/mol. The third kappa shape index (κ3) is 5.36. The van der Waals surface area contributed by atoms with E-state index < -0.39 is 0 Å². The van der Waals surface area contributed by atoms with Crippen LogP contribution < -0.4 is 15.8 Å². The summed E-state index contributed by atoms with van der Waals surface area (Å²) in [5.74, 6) is 1.76. The number of ether oxygens (including phenoxy) is 1. The number of nitrogens with one attached hydrogen (secondary N) is 1. The van der Waals surface area contributed by atoms with Crippen molar-refractivity contribution in [2.45, 2.75) is 6.42 Å². The van der Waals surface area contributed by atoms with Crippen molar-refractivity contribution in [1.82, 2.24) is 19.7 Å². The molecule has 8 heteroatoms. The lowest BCUT2D eigenvalue weighted by atomic mass is 10.2. The summed E-state index contributed by atoms with van der Waals surface area (Å²) < 4.78 is 5.80. The Morgan fingerprint density at radius 2 is 1.66 bits per heavy atom. The van der Waals surface area contributed by atoms with E-state index in [2.05, 4.69) is 20.1 Å². The van der Waals surface area contributed by atoms with Crippen LogP contribution in [0.3, 0.4) is 0 Å². The first-order valence-electron chi connectivity index (χ1n) is 10.2. The van der Waals surface area contributed by atoms with Gasteiger partial charge < -0.3 is 20.3 Å². The minimum Gasteiger partial charge on any atom is -0.457 e. The Morgan fingerprint density at radius 1 is 0.966 bits per heavy atom. The highest BCUT2D eigenvalue weighted by atomic mass is 16.5. The van der Waals surface area contributed by atoms with Gasteiger partial charge in [0.1, 0.15) is 17.3 Å². The highest BCUT2D eigenvalue weighted by Gasteiger charge is 2.22. The van der Waals surface area contributed by atoms with E-state index in [0.717, 1.165) is 39.3 Å². The second-order valence-electron chi connectivity index (χ2n) is 7.50. The fourth-order valence-electron chi connectivity index (χ4n) is 3.47. The molecule has 3 N–H and O–H groups in total. The maximum absolute atomic E-state index is 12.6. The molecule has 1 aromatic heterocycles. The van der Waals surface area contributed by atoms with Gasteiger partial charge >= 0.3 is 6.03 Å². The number of anilines is 2. The summed E-state index contributed by atoms with van der Waals surface area (Å²) in [7, 11) is 0. The molecule has 0 saturated carbocycles. The van der Waals surface area contributed by atoms with Crippen molar-refractivity contribution in [3.8, 4) is 11.5 Å². The Morgan fingerprint density at radius 3 is 2.31 bits per heavy atom. The highest BCUT2D eigenvalue weighted by molar-refractivity contribution is 5.88. The topological polar surface area (TPSA) is 87.0 Å². The maximum atomic E-state index is 12.6. The molecule has 2 amide bonds. The molecule has 0 unspecified atom stereocenters. The summed E-state index contributed by atoms with van der Waals surface area (Å²) in [4.78, 5) is 23.6. The van der Waals surface area contributed by atoms with E-state index in [1.54, 1.807) is 42.6 Å². The van der Waals surface area contributed by atoms with Crippen LogP contribution in [0, 0.1) is 0 Å². The molecule has 2 aromatic rings. The zero-order chi connectivity index (χ0) is 20.1. The summed E-state index contributed by atoms with van der Waals surface area (Å²) in [5.41, 5.74) is 6.38. The number of benzene rings is 1. The van der Waals surface area contributed by atoms with Crippen LogP contribution in [0.1, 0.15) is 6.42 Å². The SMILES string of the molecule is Nc1ccc(Oc2ccnc(NC(=O)N3CCN(CCN4CCC4)CC3)c2)cc1. The van der Waals surface area contributed by atoms with Gasteiger partial charge in [0.15, 0.2) is 0 Å². The molecule has 0 aliphatic carbocycles. The van der Waals surface area contributed by atoms with Crippen LogP contribution in [-0.2, 0) is 0 Å². The number of aromatic nitrogens is 1. The molecule has 3 heterocycles. The number of nitrogens with two attached hydrogens (primary N) is 1. The first-order valence-corrected chi connectivity index (χ1v) is 10.2. The Balaban J connectivity index is 1.25. The van der Waals surface area contributed by atoms with Gasteiger partial charge in [0.25, 0.3) is 0 Å². The van der Waals surface area contributed by atoms with Crippen LogP contribution in [0.4, 0.5) is 16.3 Å². The van der Waals surface area contributed by atoms with Crippen LogP contribution in [0.5, 0.6) is 11.5 Å². The lowest BCUT2D eigenvalue weighted by Crippen LogP contribution is -2.52. The van der Waals surface area contributed by atoms with Gasteiger partial charge in [-0.1, -0.05) is 0 Å². The molecular weight excluding hydrogens is 368 g/mol. The Kier molecular flexibility index (Phi) is 6.12. The van der Waals surface area contributed by atoms with Crippen molar-refractivity contribution in [3.05, 3.63) is 42.6 Å². The molecule has 0 bridgehead atoms. The Bertz CT molecular complexity index is 816. The number of nitrogens with zero attached hydrogens (tertiary/aromatic N) is 4. The second-order valence-corrected chi connectivity index (χ2v) is 7.50. The van der Waals surface area contributed by atoms with Crippen molar-refractivity contribution in [3.63, 3.8) is 0 Å². The van der Waals surface area contributed by atoms with Crippen LogP contribution in [0.2, 0.25) is 0 Å². The molecule has 2 fully saturated rings. The zero-order valence-electron chi connectivity index (χ0n) is 16.6. The van der Waals surface area contributed by atoms with E-state index in [-0.39, 0.29) is 6.03 Å². The van der Waals surface area contributed by atoms with Gasteiger partial charge in [0.2, 0.25) is 0 Å². The van der Waals surface area contributed by atoms with Gasteiger partial charge in [-0.2, -0.15) is 0 Å². The summed E-state index contributed by atoms with van der Waals surface area (Å²) in [6.07, 6.45) is 2.95. The molecule has 4 rings (SSSR count). The average Bonchev–Trinajstić information content (AvgIpc) is 2.69. The molecule has 2 aliphatic heterocycles. The molecular formula is C21H28N6O2. The smallest absolute Gasteiger partial charge is 0.323 e. The Hall–Kier alpha value is -2.84. The summed E-state index contributed by atoms with van der Waals surface area (Å²) in [6.45, 7) is 7.97. The Labute approximate surface area is 171 Å².